The molecule has 0 aliphatic carbocycles. The lowest BCUT2D eigenvalue weighted by Gasteiger charge is -2.21. The number of hydrogen-bond donors (Lipinski definition) is 2. The molecular weight excluding hydrogens is 184 g/mol. The smallest absolute Gasteiger partial charge is 0.328 e. The summed E-state index contributed by atoms with van der Waals surface area (Å²) in [5.74, 6) is -0.415. The first-order valence-corrected chi connectivity index (χ1v) is 4.75. The molecule has 2 unspecified atom stereocenters. The van der Waals surface area contributed by atoms with E-state index in [0.29, 0.717) is 6.61 Å². The van der Waals surface area contributed by atoms with Crippen molar-refractivity contribution in [2.75, 3.05) is 6.61 Å². The average Bonchev–Trinajstić information content (AvgIpc) is 2.13. The van der Waals surface area contributed by atoms with E-state index in [2.05, 4.69) is 5.32 Å². The van der Waals surface area contributed by atoms with E-state index in [1.54, 1.807) is 6.92 Å². The summed E-state index contributed by atoms with van der Waals surface area (Å²) in [4.78, 5) is 22.0. The molecule has 0 aromatic rings. The van der Waals surface area contributed by atoms with Crippen molar-refractivity contribution in [2.24, 2.45) is 11.7 Å². The summed E-state index contributed by atoms with van der Waals surface area (Å²) in [6.07, 6.45) is 0.768. The van der Waals surface area contributed by atoms with Crippen LogP contribution < -0.4 is 11.1 Å². The van der Waals surface area contributed by atoms with E-state index in [9.17, 15) is 9.59 Å². The van der Waals surface area contributed by atoms with Crippen LogP contribution in [0.4, 0.5) is 4.79 Å². The van der Waals surface area contributed by atoms with Crippen LogP contribution in [0.2, 0.25) is 0 Å². The molecule has 82 valence electrons. The van der Waals surface area contributed by atoms with Crippen molar-refractivity contribution < 1.29 is 14.3 Å². The topological polar surface area (TPSA) is 81.4 Å². The predicted octanol–water partition coefficient (Wildman–Crippen LogP) is 0.632. The SMILES string of the molecule is CCOC(=O)C(NC(N)=O)C(C)CC. The standard InChI is InChI=1S/C9H18N2O3/c1-4-6(3)7(11-9(10)13)8(12)14-5-2/h6-7H,4-5H2,1-3H3,(H3,10,11,13). The van der Waals surface area contributed by atoms with Crippen molar-refractivity contribution in [1.82, 2.24) is 5.32 Å². The second kappa shape index (κ2) is 6.23. The van der Waals surface area contributed by atoms with Gasteiger partial charge >= 0.3 is 12.0 Å². The van der Waals surface area contributed by atoms with Crippen molar-refractivity contribution in [3.63, 3.8) is 0 Å². The largest absolute Gasteiger partial charge is 0.464 e. The minimum atomic E-state index is -0.705. The summed E-state index contributed by atoms with van der Waals surface area (Å²) < 4.78 is 4.82. The van der Waals surface area contributed by atoms with E-state index in [4.69, 9.17) is 10.5 Å². The Bertz CT molecular complexity index is 206. The third-order valence-electron chi connectivity index (χ3n) is 2.05. The monoisotopic (exact) mass is 202 g/mol. The molecule has 5 heteroatoms. The van der Waals surface area contributed by atoms with E-state index in [1.165, 1.54) is 0 Å². The Morgan fingerprint density at radius 3 is 2.36 bits per heavy atom. The van der Waals surface area contributed by atoms with E-state index in [-0.39, 0.29) is 5.92 Å². The van der Waals surface area contributed by atoms with E-state index in [0.717, 1.165) is 6.42 Å². The van der Waals surface area contributed by atoms with Crippen molar-refractivity contribution in [3.05, 3.63) is 0 Å². The van der Waals surface area contributed by atoms with Gasteiger partial charge in [-0.2, -0.15) is 0 Å². The lowest BCUT2D eigenvalue weighted by Crippen LogP contribution is -2.48. The number of hydrogen-bond acceptors (Lipinski definition) is 3. The first kappa shape index (κ1) is 12.7. The van der Waals surface area contributed by atoms with Crippen molar-refractivity contribution in [3.8, 4) is 0 Å². The van der Waals surface area contributed by atoms with Gasteiger partial charge in [0.25, 0.3) is 0 Å². The molecule has 0 fully saturated rings. The molecule has 0 bridgehead atoms. The number of carbonyl (C=O) groups excluding carboxylic acids is 2. The van der Waals surface area contributed by atoms with Crippen molar-refractivity contribution >= 4 is 12.0 Å². The fourth-order valence-corrected chi connectivity index (χ4v) is 1.05. The van der Waals surface area contributed by atoms with Gasteiger partial charge in [0.15, 0.2) is 0 Å². The van der Waals surface area contributed by atoms with Gasteiger partial charge in [-0.1, -0.05) is 20.3 Å². The van der Waals surface area contributed by atoms with Crippen LogP contribution in [-0.2, 0) is 9.53 Å². The Morgan fingerprint density at radius 2 is 2.00 bits per heavy atom. The van der Waals surface area contributed by atoms with Gasteiger partial charge < -0.3 is 15.8 Å². The maximum absolute atomic E-state index is 11.4. The molecule has 0 saturated heterocycles. The number of urea groups is 1. The Kier molecular flexibility index (Phi) is 5.67. The highest BCUT2D eigenvalue weighted by Gasteiger charge is 2.26. The molecule has 0 saturated carbocycles. The molecule has 0 aromatic heterocycles. The Balaban J connectivity index is 4.37. The summed E-state index contributed by atoms with van der Waals surface area (Å²) >= 11 is 0. The van der Waals surface area contributed by atoms with Gasteiger partial charge in [0.2, 0.25) is 0 Å². The number of ether oxygens (including phenoxy) is 1. The molecule has 0 aliphatic rings. The number of primary amides is 1. The number of nitrogens with two attached hydrogens (primary N) is 1. The van der Waals surface area contributed by atoms with Gasteiger partial charge in [-0.05, 0) is 12.8 Å². The highest BCUT2D eigenvalue weighted by molar-refractivity contribution is 5.82. The fraction of sp³-hybridized carbons (Fsp3) is 0.778. The zero-order chi connectivity index (χ0) is 11.1. The van der Waals surface area contributed by atoms with Gasteiger partial charge in [0, 0.05) is 0 Å². The van der Waals surface area contributed by atoms with E-state index >= 15 is 0 Å². The van der Waals surface area contributed by atoms with E-state index < -0.39 is 18.0 Å². The lowest BCUT2D eigenvalue weighted by atomic mass is 9.99. The van der Waals surface area contributed by atoms with Gasteiger partial charge in [-0.25, -0.2) is 9.59 Å². The Labute approximate surface area is 84.0 Å². The molecule has 0 heterocycles. The molecule has 0 radical (unpaired) electrons. The molecule has 2 amide bonds. The van der Waals surface area contributed by atoms with Crippen LogP contribution in [0.25, 0.3) is 0 Å². The van der Waals surface area contributed by atoms with Gasteiger partial charge in [-0.15, -0.1) is 0 Å². The first-order valence-electron chi connectivity index (χ1n) is 4.75. The predicted molar refractivity (Wildman–Crippen MR) is 52.6 cm³/mol. The second-order valence-electron chi connectivity index (χ2n) is 3.12. The zero-order valence-electron chi connectivity index (χ0n) is 8.87. The molecule has 2 atom stereocenters. The van der Waals surface area contributed by atoms with Crippen molar-refractivity contribution in [1.29, 1.82) is 0 Å². The van der Waals surface area contributed by atoms with E-state index in [1.807, 2.05) is 13.8 Å². The minimum Gasteiger partial charge on any atom is -0.464 e. The highest BCUT2D eigenvalue weighted by Crippen LogP contribution is 2.09. The third-order valence-corrected chi connectivity index (χ3v) is 2.05. The summed E-state index contributed by atoms with van der Waals surface area (Å²) in [5.41, 5.74) is 4.96. The first-order chi connectivity index (χ1) is 6.52. The maximum atomic E-state index is 11.4. The minimum absolute atomic E-state index is 0.0153. The highest BCUT2D eigenvalue weighted by atomic mass is 16.5. The van der Waals surface area contributed by atoms with Crippen LogP contribution >= 0.6 is 0 Å². The molecule has 5 nitrogen and oxygen atoms in total. The van der Waals surface area contributed by atoms with Gasteiger partial charge in [0.1, 0.15) is 6.04 Å². The number of carbonyl (C=O) groups is 2. The van der Waals surface area contributed by atoms with Crippen LogP contribution in [0.3, 0.4) is 0 Å². The normalized spacial score (nSPS) is 14.2. The average molecular weight is 202 g/mol. The molecule has 0 spiro atoms. The van der Waals surface area contributed by atoms with Crippen LogP contribution in [0, 0.1) is 5.92 Å². The number of amides is 2. The lowest BCUT2D eigenvalue weighted by molar-refractivity contribution is -0.146. The molecule has 0 rings (SSSR count). The quantitative estimate of drug-likeness (QED) is 0.641. The van der Waals surface area contributed by atoms with Gasteiger partial charge in [-0.3, -0.25) is 0 Å². The number of nitrogens with one attached hydrogen (secondary N) is 1. The summed E-state index contributed by atoms with van der Waals surface area (Å²) in [6.45, 7) is 5.80. The number of esters is 1. The Morgan fingerprint density at radius 1 is 1.43 bits per heavy atom. The summed E-state index contributed by atoms with van der Waals surface area (Å²) in [5, 5.41) is 2.38. The summed E-state index contributed by atoms with van der Waals surface area (Å²) in [6, 6.07) is -1.35. The van der Waals surface area contributed by atoms with Crippen LogP contribution in [0.15, 0.2) is 0 Å². The molecule has 3 N–H and O–H groups in total. The molecule has 0 aromatic carbocycles. The zero-order valence-corrected chi connectivity index (χ0v) is 8.87. The molecule has 0 aliphatic heterocycles. The van der Waals surface area contributed by atoms with Crippen molar-refractivity contribution in [2.45, 2.75) is 33.2 Å². The third kappa shape index (κ3) is 4.11. The maximum Gasteiger partial charge on any atom is 0.328 e. The van der Waals surface area contributed by atoms with Crippen LogP contribution in [-0.4, -0.2) is 24.6 Å². The summed E-state index contributed by atoms with van der Waals surface area (Å²) in [7, 11) is 0. The van der Waals surface area contributed by atoms with Gasteiger partial charge in [0.05, 0.1) is 6.61 Å². The second-order valence-corrected chi connectivity index (χ2v) is 3.12. The fourth-order valence-electron chi connectivity index (χ4n) is 1.05. The number of rotatable bonds is 5. The Hall–Kier alpha value is -1.26. The molecular formula is C9H18N2O3. The van der Waals surface area contributed by atoms with Crippen LogP contribution in [0.5, 0.6) is 0 Å². The molecule has 14 heavy (non-hydrogen) atoms. The van der Waals surface area contributed by atoms with Crippen LogP contribution in [0.1, 0.15) is 27.2 Å².